The molecule has 0 bridgehead atoms. The lowest BCUT2D eigenvalue weighted by molar-refractivity contribution is 0.456. The quantitative estimate of drug-likeness (QED) is 0.747. The van der Waals surface area contributed by atoms with Crippen molar-refractivity contribution in [2.75, 3.05) is 4.72 Å². The molecule has 8 heteroatoms. The summed E-state index contributed by atoms with van der Waals surface area (Å²) in [6, 6.07) is 2.11. The van der Waals surface area contributed by atoms with Gasteiger partial charge in [0, 0.05) is 18.3 Å². The molecule has 0 aromatic carbocycles. The third-order valence-electron chi connectivity index (χ3n) is 3.11. The van der Waals surface area contributed by atoms with Crippen molar-refractivity contribution in [1.82, 2.24) is 15.5 Å². The highest BCUT2D eigenvalue weighted by Crippen LogP contribution is 2.24. The van der Waals surface area contributed by atoms with E-state index >= 15 is 0 Å². The van der Waals surface area contributed by atoms with Crippen LogP contribution in [-0.2, 0) is 16.6 Å². The molecule has 3 rings (SSSR count). The maximum absolute atomic E-state index is 12.3. The first-order valence-corrected chi connectivity index (χ1v) is 7.87. The van der Waals surface area contributed by atoms with E-state index in [-0.39, 0.29) is 4.90 Å². The van der Waals surface area contributed by atoms with Gasteiger partial charge in [0.15, 0.2) is 0 Å². The van der Waals surface area contributed by atoms with Gasteiger partial charge in [-0.05, 0) is 19.8 Å². The molecule has 0 aliphatic heterocycles. The van der Waals surface area contributed by atoms with Gasteiger partial charge in [0.2, 0.25) is 0 Å². The van der Waals surface area contributed by atoms with E-state index in [0.717, 1.165) is 0 Å². The highest BCUT2D eigenvalue weighted by molar-refractivity contribution is 7.92. The zero-order chi connectivity index (χ0) is 14.2. The van der Waals surface area contributed by atoms with E-state index in [4.69, 9.17) is 4.42 Å². The van der Waals surface area contributed by atoms with Crippen molar-refractivity contribution in [3.63, 3.8) is 0 Å². The van der Waals surface area contributed by atoms with Crippen LogP contribution in [0.25, 0.3) is 0 Å². The summed E-state index contributed by atoms with van der Waals surface area (Å²) in [4.78, 5) is 0.159. The van der Waals surface area contributed by atoms with Crippen LogP contribution in [0.1, 0.15) is 24.4 Å². The second-order valence-electron chi connectivity index (χ2n) is 4.88. The smallest absolute Gasteiger partial charge is 0.265 e. The summed E-state index contributed by atoms with van der Waals surface area (Å²) in [6.45, 7) is 2.19. The second-order valence-corrected chi connectivity index (χ2v) is 6.53. The fraction of sp³-hybridized carbons (Fsp3) is 0.417. The van der Waals surface area contributed by atoms with Crippen molar-refractivity contribution in [2.24, 2.45) is 0 Å². The Morgan fingerprint density at radius 1 is 1.50 bits per heavy atom. The molecule has 2 aromatic rings. The number of hydrogen-bond donors (Lipinski definition) is 3. The average molecular weight is 296 g/mol. The van der Waals surface area contributed by atoms with Gasteiger partial charge in [-0.25, -0.2) is 8.42 Å². The lowest BCUT2D eigenvalue weighted by Gasteiger charge is -2.03. The highest BCUT2D eigenvalue weighted by atomic mass is 32.2. The summed E-state index contributed by atoms with van der Waals surface area (Å²) in [5.41, 5.74) is 0.392. The molecule has 2 aromatic heterocycles. The molecule has 0 radical (unpaired) electrons. The monoisotopic (exact) mass is 296 g/mol. The van der Waals surface area contributed by atoms with Crippen LogP contribution in [0.5, 0.6) is 0 Å². The molecule has 1 aliphatic rings. The lowest BCUT2D eigenvalue weighted by atomic mass is 10.4. The van der Waals surface area contributed by atoms with E-state index in [1.54, 1.807) is 13.0 Å². The number of aromatic amines is 1. The van der Waals surface area contributed by atoms with Gasteiger partial charge < -0.3 is 9.73 Å². The van der Waals surface area contributed by atoms with Gasteiger partial charge in [-0.15, -0.1) is 0 Å². The van der Waals surface area contributed by atoms with E-state index in [1.807, 2.05) is 0 Å². The number of anilines is 1. The summed E-state index contributed by atoms with van der Waals surface area (Å²) in [7, 11) is -3.65. The van der Waals surface area contributed by atoms with Crippen molar-refractivity contribution in [1.29, 1.82) is 0 Å². The number of H-pyrrole nitrogens is 1. The minimum Gasteiger partial charge on any atom is -0.464 e. The van der Waals surface area contributed by atoms with Gasteiger partial charge >= 0.3 is 0 Å². The minimum atomic E-state index is -3.65. The molecule has 7 nitrogen and oxygen atoms in total. The first-order chi connectivity index (χ1) is 9.54. The third kappa shape index (κ3) is 2.86. The summed E-state index contributed by atoms with van der Waals surface area (Å²) in [5.74, 6) is 1.01. The number of furan rings is 1. The number of rotatable bonds is 6. The molecule has 0 spiro atoms. The van der Waals surface area contributed by atoms with Crippen LogP contribution in [0.2, 0.25) is 0 Å². The molecule has 2 heterocycles. The molecule has 20 heavy (non-hydrogen) atoms. The number of nitrogens with zero attached hydrogens (tertiary/aromatic N) is 1. The average Bonchev–Trinajstić information content (AvgIpc) is 2.93. The highest BCUT2D eigenvalue weighted by Gasteiger charge is 2.24. The molecular formula is C12H16N4O3S. The Bertz CT molecular complexity index is 686. The summed E-state index contributed by atoms with van der Waals surface area (Å²) >= 11 is 0. The summed E-state index contributed by atoms with van der Waals surface area (Å²) < 4.78 is 32.4. The van der Waals surface area contributed by atoms with Crippen molar-refractivity contribution in [3.8, 4) is 0 Å². The first kappa shape index (κ1) is 13.2. The normalized spacial score (nSPS) is 15.4. The van der Waals surface area contributed by atoms with Crippen molar-refractivity contribution in [2.45, 2.75) is 37.2 Å². The number of hydrogen-bond acceptors (Lipinski definition) is 5. The molecule has 1 fully saturated rings. The van der Waals surface area contributed by atoms with Gasteiger partial charge in [-0.2, -0.15) is 5.10 Å². The molecule has 0 amide bonds. The van der Waals surface area contributed by atoms with E-state index in [1.165, 1.54) is 25.2 Å². The zero-order valence-corrected chi connectivity index (χ0v) is 11.8. The van der Waals surface area contributed by atoms with Crippen molar-refractivity contribution >= 4 is 15.7 Å². The first-order valence-electron chi connectivity index (χ1n) is 6.39. The maximum Gasteiger partial charge on any atom is 0.265 e. The molecule has 0 unspecified atom stereocenters. The zero-order valence-electron chi connectivity index (χ0n) is 11.0. The standard InChI is InChI=1S/C12H16N4O3S/c1-8-12(4-11(19-8)7-13-9-2-3-9)20(17,18)16-10-5-14-15-6-10/h4-6,9,13,16H,2-3,7H2,1H3,(H,14,15). The van der Waals surface area contributed by atoms with E-state index in [0.29, 0.717) is 29.8 Å². The predicted octanol–water partition coefficient (Wildman–Crippen LogP) is 1.36. The Morgan fingerprint density at radius 3 is 2.95 bits per heavy atom. The topological polar surface area (TPSA) is 100 Å². The Hall–Kier alpha value is -1.80. The van der Waals surface area contributed by atoms with Crippen LogP contribution in [0.15, 0.2) is 27.8 Å². The van der Waals surface area contributed by atoms with Crippen LogP contribution in [0, 0.1) is 6.92 Å². The SMILES string of the molecule is Cc1oc(CNC2CC2)cc1S(=O)(=O)Nc1cn[nH]c1. The van der Waals surface area contributed by atoms with Gasteiger partial charge in [-0.1, -0.05) is 0 Å². The van der Waals surface area contributed by atoms with Gasteiger partial charge in [0.25, 0.3) is 10.0 Å². The number of nitrogens with one attached hydrogen (secondary N) is 3. The summed E-state index contributed by atoms with van der Waals surface area (Å²) in [6.07, 6.45) is 5.23. The molecule has 3 N–H and O–H groups in total. The minimum absolute atomic E-state index is 0.159. The fourth-order valence-corrected chi connectivity index (χ4v) is 3.17. The molecule has 0 atom stereocenters. The van der Waals surface area contributed by atoms with Gasteiger partial charge in [-0.3, -0.25) is 9.82 Å². The fourth-order valence-electron chi connectivity index (χ4n) is 1.93. The molecule has 1 saturated carbocycles. The van der Waals surface area contributed by atoms with Crippen LogP contribution in [0.4, 0.5) is 5.69 Å². The second kappa shape index (κ2) is 4.95. The van der Waals surface area contributed by atoms with Crippen LogP contribution >= 0.6 is 0 Å². The summed E-state index contributed by atoms with van der Waals surface area (Å²) in [5, 5.41) is 9.54. The van der Waals surface area contributed by atoms with Crippen LogP contribution in [-0.4, -0.2) is 24.7 Å². The van der Waals surface area contributed by atoms with Gasteiger partial charge in [0.05, 0.1) is 18.4 Å². The van der Waals surface area contributed by atoms with Crippen molar-refractivity contribution in [3.05, 3.63) is 30.0 Å². The third-order valence-corrected chi connectivity index (χ3v) is 4.59. The predicted molar refractivity (Wildman–Crippen MR) is 72.7 cm³/mol. The Balaban J connectivity index is 1.77. The molecule has 0 saturated heterocycles. The number of sulfonamides is 1. The number of aromatic nitrogens is 2. The van der Waals surface area contributed by atoms with Crippen LogP contribution < -0.4 is 10.0 Å². The van der Waals surface area contributed by atoms with E-state index in [9.17, 15) is 8.42 Å². The van der Waals surface area contributed by atoms with Crippen LogP contribution in [0.3, 0.4) is 0 Å². The molecule has 108 valence electrons. The molecular weight excluding hydrogens is 280 g/mol. The Kier molecular flexibility index (Phi) is 3.27. The van der Waals surface area contributed by atoms with E-state index < -0.39 is 10.0 Å². The largest absolute Gasteiger partial charge is 0.464 e. The Morgan fingerprint density at radius 2 is 2.30 bits per heavy atom. The maximum atomic E-state index is 12.3. The lowest BCUT2D eigenvalue weighted by Crippen LogP contribution is -2.15. The number of aryl methyl sites for hydroxylation is 1. The molecule has 1 aliphatic carbocycles. The van der Waals surface area contributed by atoms with Gasteiger partial charge in [0.1, 0.15) is 16.4 Å². The van der Waals surface area contributed by atoms with E-state index in [2.05, 4.69) is 20.2 Å². The van der Waals surface area contributed by atoms with Crippen molar-refractivity contribution < 1.29 is 12.8 Å². The Labute approximate surface area is 116 Å².